The Bertz CT molecular complexity index is 865. The Morgan fingerprint density at radius 1 is 1.04 bits per heavy atom. The van der Waals surface area contributed by atoms with Crippen molar-refractivity contribution < 1.29 is 14.3 Å². The van der Waals surface area contributed by atoms with E-state index in [-0.39, 0.29) is 0 Å². The van der Waals surface area contributed by atoms with E-state index in [2.05, 4.69) is 10.2 Å². The van der Waals surface area contributed by atoms with Crippen LogP contribution in [-0.4, -0.2) is 42.8 Å². The second-order valence-electron chi connectivity index (χ2n) is 5.42. The summed E-state index contributed by atoms with van der Waals surface area (Å²) in [6, 6.07) is 17.3. The van der Waals surface area contributed by atoms with Gasteiger partial charge in [0, 0.05) is 16.2 Å². The normalized spacial score (nSPS) is 12.2. The Balaban J connectivity index is 2.46. The van der Waals surface area contributed by atoms with Crippen LogP contribution in [0.2, 0.25) is 0 Å². The number of ether oxygens (including phenoxy) is 2. The molecule has 0 aliphatic rings. The van der Waals surface area contributed by atoms with E-state index < -0.39 is 5.97 Å². The van der Waals surface area contributed by atoms with Gasteiger partial charge in [-0.25, -0.2) is 4.79 Å². The minimum atomic E-state index is -0.476. The third kappa shape index (κ3) is 6.28. The van der Waals surface area contributed by atoms with Crippen LogP contribution in [-0.2, 0) is 14.3 Å². The molecule has 0 unspecified atom stereocenters. The van der Waals surface area contributed by atoms with Crippen molar-refractivity contribution in [1.29, 1.82) is 0 Å². The monoisotopic (exact) mass is 414 g/mol. The highest BCUT2D eigenvalue weighted by atomic mass is 32.2. The van der Waals surface area contributed by atoms with E-state index in [0.717, 1.165) is 16.2 Å². The summed E-state index contributed by atoms with van der Waals surface area (Å²) in [7, 11) is 2.84. The fourth-order valence-corrected chi connectivity index (χ4v) is 3.67. The molecule has 0 saturated carbocycles. The molecule has 0 bridgehead atoms. The lowest BCUT2D eigenvalue weighted by molar-refractivity contribution is -0.133. The third-order valence-electron chi connectivity index (χ3n) is 3.56. The highest BCUT2D eigenvalue weighted by molar-refractivity contribution is 8.24. The fraction of sp³-hybridized carbons (Fsp3) is 0.190. The summed E-state index contributed by atoms with van der Waals surface area (Å²) in [6.45, 7) is 0. The molecule has 0 aliphatic heterocycles. The summed E-state index contributed by atoms with van der Waals surface area (Å²) in [4.78, 5) is 12.2. The van der Waals surface area contributed by atoms with Crippen LogP contribution >= 0.6 is 23.5 Å². The second kappa shape index (κ2) is 12.0. The molecule has 0 heterocycles. The standard InChI is InChI=1S/C21H22N2O3S2/c1-25-14-19(21(24)26-2)17-11-7-8-12-18(17)20(28-15-27-3)23-22-13-16-9-5-4-6-10-16/h4-14H,15H2,1-3H3. The van der Waals surface area contributed by atoms with Gasteiger partial charge in [-0.3, -0.25) is 0 Å². The molecule has 2 aromatic rings. The lowest BCUT2D eigenvalue weighted by Gasteiger charge is -2.12. The van der Waals surface area contributed by atoms with Crippen LogP contribution in [0, 0.1) is 0 Å². The number of hydrogen-bond acceptors (Lipinski definition) is 7. The van der Waals surface area contributed by atoms with E-state index >= 15 is 0 Å². The molecule has 0 radical (unpaired) electrons. The topological polar surface area (TPSA) is 60.2 Å². The van der Waals surface area contributed by atoms with E-state index in [1.807, 2.05) is 60.9 Å². The zero-order valence-corrected chi connectivity index (χ0v) is 17.6. The second-order valence-corrected chi connectivity index (χ2v) is 7.61. The fourth-order valence-electron chi connectivity index (χ4n) is 2.32. The number of carbonyl (C=O) groups is 1. The van der Waals surface area contributed by atoms with Crippen molar-refractivity contribution in [3.8, 4) is 0 Å². The Morgan fingerprint density at radius 2 is 1.71 bits per heavy atom. The van der Waals surface area contributed by atoms with E-state index in [1.165, 1.54) is 20.5 Å². The van der Waals surface area contributed by atoms with E-state index in [0.29, 0.717) is 16.2 Å². The molecule has 5 nitrogen and oxygen atoms in total. The number of nitrogens with zero attached hydrogens (tertiary/aromatic N) is 2. The highest BCUT2D eigenvalue weighted by Gasteiger charge is 2.19. The summed E-state index contributed by atoms with van der Waals surface area (Å²) in [5.74, 6) is -0.476. The zero-order chi connectivity index (χ0) is 20.2. The first-order chi connectivity index (χ1) is 13.7. The Hall–Kier alpha value is -2.51. The van der Waals surface area contributed by atoms with Crippen LogP contribution in [0.1, 0.15) is 16.7 Å². The largest absolute Gasteiger partial charge is 0.503 e. The number of hydrogen-bond donors (Lipinski definition) is 0. The minimum Gasteiger partial charge on any atom is -0.503 e. The van der Waals surface area contributed by atoms with E-state index in [1.54, 1.807) is 29.7 Å². The molecule has 0 saturated heterocycles. The number of thioether (sulfide) groups is 2. The molecule has 0 atom stereocenters. The van der Waals surface area contributed by atoms with E-state index in [4.69, 9.17) is 9.47 Å². The van der Waals surface area contributed by atoms with Crippen molar-refractivity contribution in [2.24, 2.45) is 10.2 Å². The van der Waals surface area contributed by atoms with Crippen LogP contribution in [0.4, 0.5) is 0 Å². The van der Waals surface area contributed by atoms with Crippen molar-refractivity contribution in [3.63, 3.8) is 0 Å². The van der Waals surface area contributed by atoms with Crippen molar-refractivity contribution >= 4 is 46.3 Å². The Kier molecular flexibility index (Phi) is 9.37. The van der Waals surface area contributed by atoms with Gasteiger partial charge in [-0.15, -0.1) is 5.10 Å². The van der Waals surface area contributed by atoms with Crippen molar-refractivity contribution in [1.82, 2.24) is 0 Å². The van der Waals surface area contributed by atoms with Gasteiger partial charge in [-0.05, 0) is 11.8 Å². The smallest absolute Gasteiger partial charge is 0.341 e. The van der Waals surface area contributed by atoms with Gasteiger partial charge in [0.2, 0.25) is 0 Å². The zero-order valence-electron chi connectivity index (χ0n) is 16.0. The minimum absolute atomic E-state index is 0.324. The number of carbonyl (C=O) groups excluding carboxylic acids is 1. The molecule has 2 aromatic carbocycles. The lowest BCUT2D eigenvalue weighted by atomic mass is 10.0. The summed E-state index contributed by atoms with van der Waals surface area (Å²) < 4.78 is 10.00. The Labute approximate surface area is 173 Å². The average Bonchev–Trinajstić information content (AvgIpc) is 2.74. The molecule has 0 N–H and O–H groups in total. The molecular formula is C21H22N2O3S2. The lowest BCUT2D eigenvalue weighted by Crippen LogP contribution is -2.09. The van der Waals surface area contributed by atoms with Crippen molar-refractivity contribution in [2.45, 2.75) is 0 Å². The SMILES string of the molecule is COC=C(C(=O)OC)c1ccccc1C(=NN=Cc1ccccc1)SCSC. The molecule has 0 amide bonds. The quantitative estimate of drug-likeness (QED) is 0.119. The first-order valence-electron chi connectivity index (χ1n) is 8.40. The summed E-state index contributed by atoms with van der Waals surface area (Å²) in [6.07, 6.45) is 5.11. The Morgan fingerprint density at radius 3 is 2.36 bits per heavy atom. The maximum absolute atomic E-state index is 12.2. The van der Waals surface area contributed by atoms with Gasteiger partial charge in [0.25, 0.3) is 0 Å². The van der Waals surface area contributed by atoms with E-state index in [9.17, 15) is 4.79 Å². The molecule has 2 rings (SSSR count). The summed E-state index contributed by atoms with van der Waals surface area (Å²) in [5, 5.41) is 10.2. The molecule has 7 heteroatoms. The van der Waals surface area contributed by atoms with Crippen molar-refractivity contribution in [2.75, 3.05) is 25.6 Å². The molecule has 28 heavy (non-hydrogen) atoms. The molecule has 0 spiro atoms. The summed E-state index contributed by atoms with van der Waals surface area (Å²) in [5.41, 5.74) is 2.76. The number of methoxy groups -OCH3 is 2. The summed E-state index contributed by atoms with van der Waals surface area (Å²) >= 11 is 3.25. The molecule has 146 valence electrons. The molecular weight excluding hydrogens is 392 g/mol. The third-order valence-corrected chi connectivity index (χ3v) is 5.55. The molecule has 0 aliphatic carbocycles. The highest BCUT2D eigenvalue weighted by Crippen LogP contribution is 2.26. The first kappa shape index (κ1) is 21.8. The van der Waals surface area contributed by atoms with Gasteiger partial charge in [-0.1, -0.05) is 66.4 Å². The number of benzene rings is 2. The predicted molar refractivity (Wildman–Crippen MR) is 120 cm³/mol. The van der Waals surface area contributed by atoms with Gasteiger partial charge in [-0.2, -0.15) is 16.9 Å². The number of esters is 1. The predicted octanol–water partition coefficient (Wildman–Crippen LogP) is 4.68. The number of rotatable bonds is 8. The van der Waals surface area contributed by atoms with Crippen LogP contribution in [0.25, 0.3) is 5.57 Å². The van der Waals surface area contributed by atoms with Gasteiger partial charge in [0.1, 0.15) is 10.6 Å². The van der Waals surface area contributed by atoms with Gasteiger partial charge < -0.3 is 9.47 Å². The first-order valence-corrected chi connectivity index (χ1v) is 10.8. The average molecular weight is 415 g/mol. The van der Waals surface area contributed by atoms with Crippen LogP contribution in [0.5, 0.6) is 0 Å². The maximum atomic E-state index is 12.2. The molecule has 0 aromatic heterocycles. The maximum Gasteiger partial charge on any atom is 0.341 e. The van der Waals surface area contributed by atoms with Crippen molar-refractivity contribution in [3.05, 3.63) is 77.5 Å². The van der Waals surface area contributed by atoms with Gasteiger partial charge in [0.05, 0.1) is 26.7 Å². The van der Waals surface area contributed by atoms with Crippen LogP contribution < -0.4 is 0 Å². The van der Waals surface area contributed by atoms with Crippen LogP contribution in [0.15, 0.2) is 71.1 Å². The van der Waals surface area contributed by atoms with Gasteiger partial charge in [0.15, 0.2) is 0 Å². The van der Waals surface area contributed by atoms with Gasteiger partial charge >= 0.3 is 5.97 Å². The van der Waals surface area contributed by atoms with Crippen LogP contribution in [0.3, 0.4) is 0 Å². The molecule has 0 fully saturated rings.